The molecule has 1 saturated heterocycles. The molecule has 0 aromatic heterocycles. The molecule has 0 radical (unpaired) electrons. The lowest BCUT2D eigenvalue weighted by Crippen LogP contribution is -2.47. The predicted octanol–water partition coefficient (Wildman–Crippen LogP) is -1.16. The van der Waals surface area contributed by atoms with Gasteiger partial charge < -0.3 is 20.1 Å². The van der Waals surface area contributed by atoms with E-state index in [1.54, 1.807) is 6.92 Å². The average Bonchev–Trinajstić information content (AvgIpc) is 1.82. The van der Waals surface area contributed by atoms with Crippen LogP contribution in [0.1, 0.15) is 13.3 Å². The van der Waals surface area contributed by atoms with Crippen molar-refractivity contribution in [1.82, 2.24) is 0 Å². The molecule has 0 aliphatic carbocycles. The van der Waals surface area contributed by atoms with Crippen LogP contribution in [0, 0.1) is 0 Å². The first-order valence-corrected chi connectivity index (χ1v) is 3.31. The van der Waals surface area contributed by atoms with Gasteiger partial charge in [0.25, 0.3) is 0 Å². The van der Waals surface area contributed by atoms with Gasteiger partial charge in [-0.15, -0.1) is 0 Å². The molecule has 0 amide bonds. The third-order valence-electron chi connectivity index (χ3n) is 1.63. The van der Waals surface area contributed by atoms with Crippen LogP contribution in [-0.2, 0) is 4.74 Å². The van der Waals surface area contributed by atoms with E-state index in [0.29, 0.717) is 6.42 Å². The van der Waals surface area contributed by atoms with Crippen LogP contribution in [0.15, 0.2) is 0 Å². The van der Waals surface area contributed by atoms with E-state index in [4.69, 9.17) is 20.1 Å². The van der Waals surface area contributed by atoms with Crippen molar-refractivity contribution in [3.05, 3.63) is 0 Å². The van der Waals surface area contributed by atoms with E-state index in [2.05, 4.69) is 0 Å². The number of hydrogen-bond donors (Lipinski definition) is 3. The number of rotatable bonds is 0. The molecule has 4 heteroatoms. The van der Waals surface area contributed by atoms with E-state index < -0.39 is 18.5 Å². The summed E-state index contributed by atoms with van der Waals surface area (Å²) in [7, 11) is 0. The molecule has 0 spiro atoms. The minimum absolute atomic E-state index is 0.187. The van der Waals surface area contributed by atoms with Crippen LogP contribution in [-0.4, -0.2) is 39.9 Å². The molecule has 1 heterocycles. The molecule has 4 nitrogen and oxygen atoms in total. The van der Waals surface area contributed by atoms with Crippen LogP contribution in [0.3, 0.4) is 0 Å². The van der Waals surface area contributed by atoms with Crippen LogP contribution in [0.5, 0.6) is 0 Å². The smallest absolute Gasteiger partial charge is 0.183 e. The highest BCUT2D eigenvalue weighted by atomic mass is 16.6. The molecular formula is C6H12O4. The summed E-state index contributed by atoms with van der Waals surface area (Å²) in [5, 5.41) is 26.9. The molecule has 1 aliphatic rings. The van der Waals surface area contributed by atoms with Gasteiger partial charge in [-0.3, -0.25) is 0 Å². The molecule has 0 unspecified atom stereocenters. The van der Waals surface area contributed by atoms with Crippen molar-refractivity contribution in [2.45, 2.75) is 37.9 Å². The van der Waals surface area contributed by atoms with Crippen LogP contribution in [0.2, 0.25) is 0 Å². The van der Waals surface area contributed by atoms with Gasteiger partial charge in [-0.1, -0.05) is 0 Å². The molecule has 1 aliphatic heterocycles. The van der Waals surface area contributed by atoms with Crippen LogP contribution >= 0.6 is 0 Å². The highest BCUT2D eigenvalue weighted by Gasteiger charge is 2.33. The minimum Gasteiger partial charge on any atom is -0.390 e. The SMILES string of the molecule is C[C@@H]1C[C@H](O)[C@H](O)[C@@H](O)O1. The van der Waals surface area contributed by atoms with Crippen molar-refractivity contribution < 1.29 is 20.1 Å². The van der Waals surface area contributed by atoms with E-state index in [9.17, 15) is 0 Å². The molecular weight excluding hydrogens is 136 g/mol. The molecule has 4 atom stereocenters. The van der Waals surface area contributed by atoms with E-state index in [-0.39, 0.29) is 6.10 Å². The topological polar surface area (TPSA) is 69.9 Å². The third-order valence-corrected chi connectivity index (χ3v) is 1.63. The van der Waals surface area contributed by atoms with Gasteiger partial charge in [0, 0.05) is 6.42 Å². The molecule has 10 heavy (non-hydrogen) atoms. The Hall–Kier alpha value is -0.160. The van der Waals surface area contributed by atoms with E-state index in [1.165, 1.54) is 0 Å². The maximum Gasteiger partial charge on any atom is 0.183 e. The molecule has 0 aromatic carbocycles. The Morgan fingerprint density at radius 3 is 2.40 bits per heavy atom. The zero-order chi connectivity index (χ0) is 7.72. The standard InChI is InChI=1S/C6H12O4/c1-3-2-4(7)5(8)6(9)10-3/h3-9H,2H2,1H3/t3-,4+,5+,6+/m1/s1. The normalized spacial score (nSPS) is 49.2. The fraction of sp³-hybridized carbons (Fsp3) is 1.00. The second-order valence-electron chi connectivity index (χ2n) is 2.63. The summed E-state index contributed by atoms with van der Waals surface area (Å²) in [5.74, 6) is 0. The summed E-state index contributed by atoms with van der Waals surface area (Å²) >= 11 is 0. The van der Waals surface area contributed by atoms with E-state index >= 15 is 0 Å². The quantitative estimate of drug-likeness (QED) is 0.405. The lowest BCUT2D eigenvalue weighted by molar-refractivity contribution is -0.242. The highest BCUT2D eigenvalue weighted by molar-refractivity contribution is 4.77. The molecule has 60 valence electrons. The van der Waals surface area contributed by atoms with Crippen LogP contribution in [0.4, 0.5) is 0 Å². The summed E-state index contributed by atoms with van der Waals surface area (Å²) in [6, 6.07) is 0. The van der Waals surface area contributed by atoms with Crippen molar-refractivity contribution in [2.75, 3.05) is 0 Å². The van der Waals surface area contributed by atoms with Gasteiger partial charge >= 0.3 is 0 Å². The Morgan fingerprint density at radius 1 is 1.30 bits per heavy atom. The van der Waals surface area contributed by atoms with Crippen molar-refractivity contribution in [2.24, 2.45) is 0 Å². The number of aliphatic hydroxyl groups excluding tert-OH is 3. The lowest BCUT2D eigenvalue weighted by atomic mass is 10.0. The van der Waals surface area contributed by atoms with Gasteiger partial charge in [-0.25, -0.2) is 0 Å². The largest absolute Gasteiger partial charge is 0.390 e. The zero-order valence-electron chi connectivity index (χ0n) is 5.77. The van der Waals surface area contributed by atoms with Crippen molar-refractivity contribution in [1.29, 1.82) is 0 Å². The Balaban J connectivity index is 2.49. The van der Waals surface area contributed by atoms with Gasteiger partial charge in [0.1, 0.15) is 6.10 Å². The number of aliphatic hydroxyl groups is 3. The van der Waals surface area contributed by atoms with Crippen molar-refractivity contribution in [3.63, 3.8) is 0 Å². The first kappa shape index (κ1) is 7.94. The summed E-state index contributed by atoms with van der Waals surface area (Å²) in [4.78, 5) is 0. The molecule has 0 aromatic rings. The summed E-state index contributed by atoms with van der Waals surface area (Å²) in [6.45, 7) is 1.73. The molecule has 1 rings (SSSR count). The molecule has 3 N–H and O–H groups in total. The third kappa shape index (κ3) is 1.46. The Morgan fingerprint density at radius 2 is 1.90 bits per heavy atom. The lowest BCUT2D eigenvalue weighted by Gasteiger charge is -2.32. The Bertz CT molecular complexity index is 104. The first-order chi connectivity index (χ1) is 4.61. The van der Waals surface area contributed by atoms with Gasteiger partial charge in [0.05, 0.1) is 12.2 Å². The first-order valence-electron chi connectivity index (χ1n) is 3.31. The Kier molecular flexibility index (Phi) is 2.25. The summed E-state index contributed by atoms with van der Waals surface area (Å²) in [5.41, 5.74) is 0. The molecule has 0 bridgehead atoms. The van der Waals surface area contributed by atoms with Gasteiger partial charge in [-0.2, -0.15) is 0 Å². The summed E-state index contributed by atoms with van der Waals surface area (Å²) in [6.07, 6.45) is -3.07. The maximum atomic E-state index is 9.03. The van der Waals surface area contributed by atoms with Gasteiger partial charge in [0.15, 0.2) is 6.29 Å². The summed E-state index contributed by atoms with van der Waals surface area (Å²) < 4.78 is 4.81. The number of hydrogen-bond acceptors (Lipinski definition) is 4. The predicted molar refractivity (Wildman–Crippen MR) is 33.2 cm³/mol. The zero-order valence-corrected chi connectivity index (χ0v) is 5.77. The van der Waals surface area contributed by atoms with E-state index in [1.807, 2.05) is 0 Å². The fourth-order valence-corrected chi connectivity index (χ4v) is 1.04. The van der Waals surface area contributed by atoms with Gasteiger partial charge in [-0.05, 0) is 6.92 Å². The van der Waals surface area contributed by atoms with Crippen LogP contribution < -0.4 is 0 Å². The van der Waals surface area contributed by atoms with E-state index in [0.717, 1.165) is 0 Å². The monoisotopic (exact) mass is 148 g/mol. The van der Waals surface area contributed by atoms with Crippen molar-refractivity contribution >= 4 is 0 Å². The van der Waals surface area contributed by atoms with Crippen LogP contribution in [0.25, 0.3) is 0 Å². The average molecular weight is 148 g/mol. The maximum absolute atomic E-state index is 9.03. The number of ether oxygens (including phenoxy) is 1. The Labute approximate surface area is 59.1 Å². The highest BCUT2D eigenvalue weighted by Crippen LogP contribution is 2.17. The van der Waals surface area contributed by atoms with Crippen molar-refractivity contribution in [3.8, 4) is 0 Å². The minimum atomic E-state index is -1.24. The second-order valence-corrected chi connectivity index (χ2v) is 2.63. The fourth-order valence-electron chi connectivity index (χ4n) is 1.04. The van der Waals surface area contributed by atoms with Gasteiger partial charge in [0.2, 0.25) is 0 Å². The molecule has 1 fully saturated rings. The second kappa shape index (κ2) is 2.84. The molecule has 0 saturated carbocycles.